The van der Waals surface area contributed by atoms with Crippen molar-refractivity contribution in [2.24, 2.45) is 11.8 Å². The first kappa shape index (κ1) is 22.8. The van der Waals surface area contributed by atoms with Crippen LogP contribution in [0.5, 0.6) is 0 Å². The molecule has 1 saturated heterocycles. The Labute approximate surface area is 172 Å². The summed E-state index contributed by atoms with van der Waals surface area (Å²) in [5.74, 6) is 0.407. The van der Waals surface area contributed by atoms with Gasteiger partial charge in [-0.15, -0.1) is 0 Å². The maximum Gasteiger partial charge on any atom is 0.274 e. The van der Waals surface area contributed by atoms with Crippen LogP contribution in [0, 0.1) is 28.9 Å². The highest BCUT2D eigenvalue weighted by molar-refractivity contribution is 5.92. The maximum atomic E-state index is 12.4. The number of nitrogens with one attached hydrogen (secondary N) is 2. The van der Waals surface area contributed by atoms with Gasteiger partial charge in [-0.2, -0.15) is 0 Å². The van der Waals surface area contributed by atoms with Crippen molar-refractivity contribution in [2.45, 2.75) is 53.0 Å². The molecule has 160 valence electrons. The Morgan fingerprint density at radius 3 is 2.48 bits per heavy atom. The fourth-order valence-electron chi connectivity index (χ4n) is 3.36. The summed E-state index contributed by atoms with van der Waals surface area (Å²) in [5.41, 5.74) is 0.919. The molecule has 1 aromatic carbocycles. The lowest BCUT2D eigenvalue weighted by atomic mass is 9.94. The molecule has 2 rings (SSSR count). The van der Waals surface area contributed by atoms with Crippen LogP contribution in [-0.4, -0.2) is 47.3 Å². The van der Waals surface area contributed by atoms with Crippen molar-refractivity contribution in [3.8, 4) is 0 Å². The third-order valence-electron chi connectivity index (χ3n) is 5.76. The number of carbonyl (C=O) groups excluding carboxylic acids is 2. The normalized spacial score (nSPS) is 16.4. The zero-order valence-corrected chi connectivity index (χ0v) is 17.7. The lowest BCUT2D eigenvalue weighted by Gasteiger charge is -2.32. The van der Waals surface area contributed by atoms with Crippen LogP contribution in [-0.2, 0) is 9.59 Å². The zero-order valence-electron chi connectivity index (χ0n) is 17.7. The first-order valence-corrected chi connectivity index (χ1v) is 10.3. The lowest BCUT2D eigenvalue weighted by Crippen LogP contribution is -2.44. The predicted octanol–water partition coefficient (Wildman–Crippen LogP) is 3.10. The number of carbonyl (C=O) groups is 2. The smallest absolute Gasteiger partial charge is 0.274 e. The molecule has 0 spiro atoms. The maximum absolute atomic E-state index is 12.4. The average molecular weight is 405 g/mol. The Hall–Kier alpha value is -2.48. The molecule has 0 radical (unpaired) electrons. The number of hydrogen-bond donors (Lipinski definition) is 2. The number of rotatable bonds is 8. The third kappa shape index (κ3) is 6.52. The van der Waals surface area contributed by atoms with Crippen molar-refractivity contribution >= 4 is 23.2 Å². The van der Waals surface area contributed by atoms with Crippen LogP contribution in [0.1, 0.15) is 45.6 Å². The molecular weight excluding hydrogens is 372 g/mol. The second kappa shape index (κ2) is 10.3. The van der Waals surface area contributed by atoms with Crippen molar-refractivity contribution in [3.63, 3.8) is 0 Å². The summed E-state index contributed by atoms with van der Waals surface area (Å²) in [6, 6.07) is 4.83. The van der Waals surface area contributed by atoms with Crippen LogP contribution in [0.15, 0.2) is 18.2 Å². The van der Waals surface area contributed by atoms with Gasteiger partial charge in [0.1, 0.15) is 0 Å². The van der Waals surface area contributed by atoms with Gasteiger partial charge in [-0.05, 0) is 51.8 Å². The Morgan fingerprint density at radius 2 is 1.90 bits per heavy atom. The summed E-state index contributed by atoms with van der Waals surface area (Å²) in [5, 5.41) is 16.9. The van der Waals surface area contributed by atoms with Crippen LogP contribution >= 0.6 is 0 Å². The molecule has 8 nitrogen and oxygen atoms in total. The highest BCUT2D eigenvalue weighted by Gasteiger charge is 2.26. The molecule has 1 unspecified atom stereocenters. The van der Waals surface area contributed by atoms with Gasteiger partial charge < -0.3 is 15.5 Å². The van der Waals surface area contributed by atoms with Crippen molar-refractivity contribution in [1.29, 1.82) is 0 Å². The molecule has 2 N–H and O–H groups in total. The van der Waals surface area contributed by atoms with Gasteiger partial charge in [0, 0.05) is 31.0 Å². The van der Waals surface area contributed by atoms with Gasteiger partial charge in [0.15, 0.2) is 0 Å². The molecule has 0 bridgehead atoms. The first-order valence-electron chi connectivity index (χ1n) is 10.3. The van der Waals surface area contributed by atoms with E-state index in [9.17, 15) is 19.7 Å². The van der Waals surface area contributed by atoms with Gasteiger partial charge in [0.05, 0.1) is 16.2 Å². The number of nitro benzene ring substituents is 1. The highest BCUT2D eigenvalue weighted by atomic mass is 16.6. The fourth-order valence-corrected chi connectivity index (χ4v) is 3.36. The minimum Gasteiger partial charge on any atom is -0.353 e. The van der Waals surface area contributed by atoms with E-state index < -0.39 is 4.92 Å². The molecule has 1 fully saturated rings. The summed E-state index contributed by atoms with van der Waals surface area (Å²) in [7, 11) is 0. The Bertz CT molecular complexity index is 742. The fraction of sp³-hybridized carbons (Fsp3) is 0.619. The van der Waals surface area contributed by atoms with Crippen molar-refractivity contribution in [1.82, 2.24) is 10.2 Å². The summed E-state index contributed by atoms with van der Waals surface area (Å²) in [4.78, 5) is 37.4. The van der Waals surface area contributed by atoms with Gasteiger partial charge >= 0.3 is 0 Å². The molecule has 0 aromatic heterocycles. The number of nitrogens with zero attached hydrogens (tertiary/aromatic N) is 2. The van der Waals surface area contributed by atoms with Crippen LogP contribution in [0.4, 0.5) is 11.4 Å². The van der Waals surface area contributed by atoms with Crippen molar-refractivity contribution in [3.05, 3.63) is 33.9 Å². The number of nitro groups is 1. The monoisotopic (exact) mass is 404 g/mol. The largest absolute Gasteiger partial charge is 0.353 e. The molecule has 1 aliphatic heterocycles. The Balaban J connectivity index is 1.76. The minimum absolute atomic E-state index is 0.00469. The van der Waals surface area contributed by atoms with Gasteiger partial charge in [0.2, 0.25) is 11.8 Å². The number of anilines is 1. The quantitative estimate of drug-likeness (QED) is 0.512. The Kier molecular flexibility index (Phi) is 8.13. The topological polar surface area (TPSA) is 105 Å². The molecule has 1 atom stereocenters. The number of piperidine rings is 1. The number of amides is 2. The van der Waals surface area contributed by atoms with E-state index >= 15 is 0 Å². The second-order valence-corrected chi connectivity index (χ2v) is 8.16. The molecular formula is C21H32N4O4. The van der Waals surface area contributed by atoms with Crippen molar-refractivity contribution in [2.75, 3.05) is 25.0 Å². The van der Waals surface area contributed by atoms with Crippen molar-refractivity contribution < 1.29 is 14.5 Å². The van der Waals surface area contributed by atoms with E-state index in [2.05, 4.69) is 29.4 Å². The van der Waals surface area contributed by atoms with E-state index in [0.29, 0.717) is 30.1 Å². The molecule has 29 heavy (non-hydrogen) atoms. The second-order valence-electron chi connectivity index (χ2n) is 8.16. The summed E-state index contributed by atoms with van der Waals surface area (Å²) >= 11 is 0. The van der Waals surface area contributed by atoms with Crippen LogP contribution in [0.2, 0.25) is 0 Å². The van der Waals surface area contributed by atoms with Gasteiger partial charge in [-0.25, -0.2) is 0 Å². The third-order valence-corrected chi connectivity index (χ3v) is 5.76. The molecule has 1 heterocycles. The van der Waals surface area contributed by atoms with E-state index in [0.717, 1.165) is 25.9 Å². The van der Waals surface area contributed by atoms with E-state index in [4.69, 9.17) is 0 Å². The van der Waals surface area contributed by atoms with Crippen LogP contribution in [0.25, 0.3) is 0 Å². The first-order chi connectivity index (χ1) is 13.7. The average Bonchev–Trinajstić information content (AvgIpc) is 2.68. The van der Waals surface area contributed by atoms with Crippen LogP contribution in [0.3, 0.4) is 0 Å². The predicted molar refractivity (Wildman–Crippen MR) is 113 cm³/mol. The Morgan fingerprint density at radius 1 is 1.24 bits per heavy atom. The molecule has 8 heteroatoms. The molecule has 2 amide bonds. The van der Waals surface area contributed by atoms with Gasteiger partial charge in [-0.1, -0.05) is 19.9 Å². The van der Waals surface area contributed by atoms with Gasteiger partial charge in [0.25, 0.3) is 5.69 Å². The molecule has 0 aliphatic carbocycles. The molecule has 1 aliphatic rings. The number of likely N-dealkylation sites (tertiary alicyclic amines) is 1. The minimum atomic E-state index is -0.451. The number of hydrogen-bond acceptors (Lipinski definition) is 5. The van der Waals surface area contributed by atoms with E-state index in [1.54, 1.807) is 19.1 Å². The summed E-state index contributed by atoms with van der Waals surface area (Å²) < 4.78 is 0. The zero-order chi connectivity index (χ0) is 21.6. The highest BCUT2D eigenvalue weighted by Crippen LogP contribution is 2.25. The van der Waals surface area contributed by atoms with E-state index in [-0.39, 0.29) is 29.5 Å². The molecule has 0 saturated carbocycles. The van der Waals surface area contributed by atoms with Gasteiger partial charge in [-0.3, -0.25) is 19.7 Å². The van der Waals surface area contributed by atoms with E-state index in [1.165, 1.54) is 6.07 Å². The number of benzene rings is 1. The molecule has 1 aromatic rings. The lowest BCUT2D eigenvalue weighted by molar-refractivity contribution is -0.385. The van der Waals surface area contributed by atoms with E-state index in [1.807, 2.05) is 6.92 Å². The standard InChI is InChI=1S/C21H32N4O4/c1-14(2)16(4)22-21(27)17-8-11-24(12-9-17)13-10-20(26)23-18-6-5-7-19(15(18)3)25(28)29/h5-7,14,16-17H,8-13H2,1-4H3,(H,22,27)(H,23,26). The summed E-state index contributed by atoms with van der Waals surface area (Å²) in [6.07, 6.45) is 1.90. The SMILES string of the molecule is Cc1c(NC(=O)CCN2CCC(C(=O)NC(C)C(C)C)CC2)cccc1[N+](=O)[O-]. The van der Waals surface area contributed by atoms with Crippen LogP contribution < -0.4 is 10.6 Å². The summed E-state index contributed by atoms with van der Waals surface area (Å²) in [6.45, 7) is 10.0.